The van der Waals surface area contributed by atoms with E-state index in [1.54, 1.807) is 0 Å². The maximum Gasteiger partial charge on any atom is 0.0732 e. The number of rotatable bonds is 3. The summed E-state index contributed by atoms with van der Waals surface area (Å²) in [5.74, 6) is 0. The molecular weight excluding hydrogens is 300 g/mol. The molecule has 0 atom stereocenters. The van der Waals surface area contributed by atoms with Gasteiger partial charge in [-0.3, -0.25) is 4.98 Å². The Morgan fingerprint density at radius 1 is 1.16 bits per heavy atom. The molecule has 3 heteroatoms. The summed E-state index contributed by atoms with van der Waals surface area (Å²) in [5.41, 5.74) is 7.30. The molecule has 0 amide bonds. The van der Waals surface area contributed by atoms with Gasteiger partial charge in [0.05, 0.1) is 5.52 Å². The first-order valence-corrected chi connectivity index (χ1v) is 7.63. The second-order valence-electron chi connectivity index (χ2n) is 4.97. The molecule has 1 N–H and O–H groups in total. The second kappa shape index (κ2) is 5.49. The van der Waals surface area contributed by atoms with Gasteiger partial charge >= 0.3 is 0 Å². The van der Waals surface area contributed by atoms with E-state index >= 15 is 0 Å². The number of nitrogens with zero attached hydrogens (tertiary/aromatic N) is 1. The molecule has 2 aromatic rings. The summed E-state index contributed by atoms with van der Waals surface area (Å²) in [7, 11) is 0. The molecule has 2 rings (SSSR count). The Bertz CT molecular complexity index is 633. The van der Waals surface area contributed by atoms with E-state index in [1.165, 1.54) is 37.9 Å². The molecule has 0 fully saturated rings. The maximum absolute atomic E-state index is 4.84. The number of aryl methyl sites for hydroxylation is 3. The SMILES string of the molecule is CCNc1c(C)c(CC)nc2cc(C)c(Br)c(C)c12. The Hall–Kier alpha value is -1.09. The van der Waals surface area contributed by atoms with Crippen LogP contribution in [0.2, 0.25) is 0 Å². The number of hydrogen-bond donors (Lipinski definition) is 1. The zero-order chi connectivity index (χ0) is 14.2. The number of hydrogen-bond acceptors (Lipinski definition) is 2. The molecule has 0 bridgehead atoms. The number of benzene rings is 1. The highest BCUT2D eigenvalue weighted by atomic mass is 79.9. The molecule has 0 aliphatic heterocycles. The molecule has 102 valence electrons. The van der Waals surface area contributed by atoms with Crippen molar-refractivity contribution in [1.82, 2.24) is 4.98 Å². The Morgan fingerprint density at radius 3 is 2.42 bits per heavy atom. The third-order valence-corrected chi connectivity index (χ3v) is 4.88. The van der Waals surface area contributed by atoms with Crippen LogP contribution < -0.4 is 5.32 Å². The van der Waals surface area contributed by atoms with Crippen LogP contribution in [0.15, 0.2) is 10.5 Å². The van der Waals surface area contributed by atoms with E-state index in [1.807, 2.05) is 0 Å². The standard InChI is InChI=1S/C16H21BrN2/c1-6-12-10(4)16(18-7-2)14-11(5)15(17)9(3)8-13(14)19-12/h8H,6-7H2,1-5H3,(H,18,19). The van der Waals surface area contributed by atoms with Gasteiger partial charge in [-0.05, 0) is 56.9 Å². The Labute approximate surface area is 123 Å². The summed E-state index contributed by atoms with van der Waals surface area (Å²) >= 11 is 3.69. The predicted octanol–water partition coefficient (Wildman–Crippen LogP) is 4.92. The van der Waals surface area contributed by atoms with Gasteiger partial charge in [0.1, 0.15) is 0 Å². The summed E-state index contributed by atoms with van der Waals surface area (Å²) in [6.45, 7) is 11.7. The van der Waals surface area contributed by atoms with Gasteiger partial charge in [-0.15, -0.1) is 0 Å². The van der Waals surface area contributed by atoms with Gasteiger partial charge in [-0.1, -0.05) is 22.9 Å². The highest BCUT2D eigenvalue weighted by Gasteiger charge is 2.15. The summed E-state index contributed by atoms with van der Waals surface area (Å²) in [6.07, 6.45) is 0.967. The van der Waals surface area contributed by atoms with Gasteiger partial charge in [-0.25, -0.2) is 0 Å². The highest BCUT2D eigenvalue weighted by Crippen LogP contribution is 2.36. The summed E-state index contributed by atoms with van der Waals surface area (Å²) in [6, 6.07) is 2.17. The summed E-state index contributed by atoms with van der Waals surface area (Å²) in [5, 5.41) is 4.76. The summed E-state index contributed by atoms with van der Waals surface area (Å²) in [4.78, 5) is 4.84. The third-order valence-electron chi connectivity index (χ3n) is 3.66. The van der Waals surface area contributed by atoms with Gasteiger partial charge in [0, 0.05) is 27.8 Å². The van der Waals surface area contributed by atoms with Crippen LogP contribution in [-0.4, -0.2) is 11.5 Å². The molecule has 0 saturated carbocycles. The molecule has 0 spiro atoms. The van der Waals surface area contributed by atoms with E-state index in [4.69, 9.17) is 4.98 Å². The molecule has 19 heavy (non-hydrogen) atoms. The first-order valence-electron chi connectivity index (χ1n) is 6.83. The second-order valence-corrected chi connectivity index (χ2v) is 5.76. The number of aromatic nitrogens is 1. The van der Waals surface area contributed by atoms with Gasteiger partial charge in [0.25, 0.3) is 0 Å². The molecule has 1 aromatic carbocycles. The van der Waals surface area contributed by atoms with Crippen LogP contribution in [0.1, 0.15) is 36.2 Å². The van der Waals surface area contributed by atoms with Crippen LogP contribution >= 0.6 is 15.9 Å². The van der Waals surface area contributed by atoms with Crippen molar-refractivity contribution in [1.29, 1.82) is 0 Å². The van der Waals surface area contributed by atoms with Crippen molar-refractivity contribution in [3.63, 3.8) is 0 Å². The lowest BCUT2D eigenvalue weighted by molar-refractivity contribution is 1.02. The molecule has 0 unspecified atom stereocenters. The number of nitrogens with one attached hydrogen (secondary N) is 1. The van der Waals surface area contributed by atoms with Gasteiger partial charge < -0.3 is 5.32 Å². The lowest BCUT2D eigenvalue weighted by Gasteiger charge is -2.18. The Kier molecular flexibility index (Phi) is 4.14. The van der Waals surface area contributed by atoms with Crippen LogP contribution in [0.4, 0.5) is 5.69 Å². The fraction of sp³-hybridized carbons (Fsp3) is 0.438. The molecule has 1 heterocycles. The largest absolute Gasteiger partial charge is 0.384 e. The van der Waals surface area contributed by atoms with Crippen molar-refractivity contribution in [3.05, 3.63) is 32.9 Å². The number of fused-ring (bicyclic) bond motifs is 1. The number of anilines is 1. The van der Waals surface area contributed by atoms with Crippen LogP contribution in [0, 0.1) is 20.8 Å². The minimum absolute atomic E-state index is 0.925. The lowest BCUT2D eigenvalue weighted by Crippen LogP contribution is -2.05. The van der Waals surface area contributed by atoms with Crippen molar-refractivity contribution in [2.75, 3.05) is 11.9 Å². The average Bonchev–Trinajstić information content (AvgIpc) is 2.39. The van der Waals surface area contributed by atoms with Gasteiger partial charge in [0.15, 0.2) is 0 Å². The molecule has 1 aromatic heterocycles. The van der Waals surface area contributed by atoms with Crippen LogP contribution in [-0.2, 0) is 6.42 Å². The quantitative estimate of drug-likeness (QED) is 0.868. The predicted molar refractivity (Wildman–Crippen MR) is 87.2 cm³/mol. The van der Waals surface area contributed by atoms with E-state index in [2.05, 4.69) is 61.9 Å². The topological polar surface area (TPSA) is 24.9 Å². The van der Waals surface area contributed by atoms with E-state index < -0.39 is 0 Å². The average molecular weight is 321 g/mol. The van der Waals surface area contributed by atoms with Crippen LogP contribution in [0.5, 0.6) is 0 Å². The molecule has 0 saturated heterocycles. The summed E-state index contributed by atoms with van der Waals surface area (Å²) < 4.78 is 1.18. The smallest absolute Gasteiger partial charge is 0.0732 e. The normalized spacial score (nSPS) is 11.1. The maximum atomic E-state index is 4.84. The van der Waals surface area contributed by atoms with E-state index in [0.29, 0.717) is 0 Å². The molecule has 0 radical (unpaired) electrons. The van der Waals surface area contributed by atoms with Crippen molar-refractivity contribution < 1.29 is 0 Å². The first-order chi connectivity index (χ1) is 9.01. The zero-order valence-corrected chi connectivity index (χ0v) is 13.9. The lowest BCUT2D eigenvalue weighted by atomic mass is 10.00. The number of pyridine rings is 1. The zero-order valence-electron chi connectivity index (χ0n) is 12.3. The Morgan fingerprint density at radius 2 is 1.84 bits per heavy atom. The van der Waals surface area contributed by atoms with E-state index in [9.17, 15) is 0 Å². The molecular formula is C16H21BrN2. The minimum Gasteiger partial charge on any atom is -0.384 e. The van der Waals surface area contributed by atoms with Crippen molar-refractivity contribution in [3.8, 4) is 0 Å². The van der Waals surface area contributed by atoms with Crippen LogP contribution in [0.3, 0.4) is 0 Å². The highest BCUT2D eigenvalue weighted by molar-refractivity contribution is 9.10. The van der Waals surface area contributed by atoms with E-state index in [-0.39, 0.29) is 0 Å². The molecule has 0 aliphatic rings. The Balaban J connectivity index is 2.92. The van der Waals surface area contributed by atoms with Gasteiger partial charge in [-0.2, -0.15) is 0 Å². The molecule has 2 nitrogen and oxygen atoms in total. The number of halogens is 1. The monoisotopic (exact) mass is 320 g/mol. The van der Waals surface area contributed by atoms with Gasteiger partial charge in [0.2, 0.25) is 0 Å². The first kappa shape index (κ1) is 14.3. The minimum atomic E-state index is 0.925. The van der Waals surface area contributed by atoms with Crippen molar-refractivity contribution >= 4 is 32.5 Å². The van der Waals surface area contributed by atoms with Crippen molar-refractivity contribution in [2.24, 2.45) is 0 Å². The molecule has 0 aliphatic carbocycles. The van der Waals surface area contributed by atoms with Crippen LogP contribution in [0.25, 0.3) is 10.9 Å². The fourth-order valence-electron chi connectivity index (χ4n) is 2.64. The third kappa shape index (κ3) is 2.36. The van der Waals surface area contributed by atoms with Crippen molar-refractivity contribution in [2.45, 2.75) is 41.0 Å². The van der Waals surface area contributed by atoms with E-state index in [0.717, 1.165) is 18.5 Å². The fourth-order valence-corrected chi connectivity index (χ4v) is 2.96.